The molecule has 3 rings (SSSR count). The van der Waals surface area contributed by atoms with E-state index in [1.54, 1.807) is 6.20 Å². The Bertz CT molecular complexity index is 792. The molecule has 0 amide bonds. The van der Waals surface area contributed by atoms with E-state index >= 15 is 0 Å². The molecule has 2 aromatic carbocycles. The zero-order valence-electron chi connectivity index (χ0n) is 11.7. The number of hydrogen-bond acceptors (Lipinski definition) is 2. The summed E-state index contributed by atoms with van der Waals surface area (Å²) in [4.78, 5) is 12.6. The Kier molecular flexibility index (Phi) is 3.56. The third kappa shape index (κ3) is 2.87. The number of nitrogens with zero attached hydrogens (tertiary/aromatic N) is 1. The fourth-order valence-electron chi connectivity index (χ4n) is 2.19. The Balaban J connectivity index is 2.07. The first-order valence-corrected chi connectivity index (χ1v) is 6.72. The third-order valence-electron chi connectivity index (χ3n) is 3.18. The number of rotatable bonds is 3. The second kappa shape index (κ2) is 5.67. The first-order valence-electron chi connectivity index (χ1n) is 6.72. The number of benzene rings is 2. The molecule has 21 heavy (non-hydrogen) atoms. The summed E-state index contributed by atoms with van der Waals surface area (Å²) < 4.78 is 7.55. The first kappa shape index (κ1) is 13.2. The number of hydrogen-bond donors (Lipinski definition) is 0. The average Bonchev–Trinajstić information content (AvgIpc) is 2.52. The van der Waals surface area contributed by atoms with E-state index in [1.165, 1.54) is 0 Å². The van der Waals surface area contributed by atoms with Crippen molar-refractivity contribution in [1.29, 1.82) is 0 Å². The summed E-state index contributed by atoms with van der Waals surface area (Å²) in [6.45, 7) is 0. The van der Waals surface area contributed by atoms with Crippen LogP contribution in [0.2, 0.25) is 0 Å². The summed E-state index contributed by atoms with van der Waals surface area (Å²) in [6.07, 6.45) is 3.51. The van der Waals surface area contributed by atoms with Crippen LogP contribution in [0.25, 0.3) is 11.1 Å². The second-order valence-corrected chi connectivity index (χ2v) is 4.81. The molecule has 3 heteroatoms. The standard InChI is InChI=1S/C18H15NO2/c1-19-12-16(14-8-4-2-5-9-14)18(20)17(13-19)21-15-10-6-3-7-11-15/h2-13H,1H3. The van der Waals surface area contributed by atoms with Crippen LogP contribution in [0, 0.1) is 0 Å². The summed E-state index contributed by atoms with van der Waals surface area (Å²) in [7, 11) is 1.88. The summed E-state index contributed by atoms with van der Waals surface area (Å²) in [5.41, 5.74) is 1.41. The summed E-state index contributed by atoms with van der Waals surface area (Å²) in [5.74, 6) is 0.977. The van der Waals surface area contributed by atoms with Gasteiger partial charge in [0.1, 0.15) is 5.75 Å². The Hall–Kier alpha value is -2.81. The van der Waals surface area contributed by atoms with Crippen LogP contribution >= 0.6 is 0 Å². The van der Waals surface area contributed by atoms with Crippen LogP contribution in [0.1, 0.15) is 0 Å². The molecule has 0 radical (unpaired) electrons. The number of ether oxygens (including phenoxy) is 1. The molecule has 0 aliphatic carbocycles. The highest BCUT2D eigenvalue weighted by Gasteiger charge is 2.10. The van der Waals surface area contributed by atoms with Gasteiger partial charge < -0.3 is 9.30 Å². The fourth-order valence-corrected chi connectivity index (χ4v) is 2.19. The average molecular weight is 277 g/mol. The molecular formula is C18H15NO2. The minimum atomic E-state index is -0.108. The van der Waals surface area contributed by atoms with Crippen LogP contribution in [0.4, 0.5) is 0 Å². The van der Waals surface area contributed by atoms with E-state index in [4.69, 9.17) is 4.74 Å². The minimum Gasteiger partial charge on any atom is -0.452 e. The maximum absolute atomic E-state index is 12.6. The van der Waals surface area contributed by atoms with Gasteiger partial charge in [0.15, 0.2) is 5.75 Å². The third-order valence-corrected chi connectivity index (χ3v) is 3.18. The monoisotopic (exact) mass is 277 g/mol. The Morgan fingerprint density at radius 3 is 2.14 bits per heavy atom. The molecule has 1 heterocycles. The minimum absolute atomic E-state index is 0.108. The normalized spacial score (nSPS) is 10.3. The van der Waals surface area contributed by atoms with E-state index in [-0.39, 0.29) is 5.43 Å². The quantitative estimate of drug-likeness (QED) is 0.728. The molecule has 0 N–H and O–H groups in total. The molecule has 104 valence electrons. The molecule has 0 fully saturated rings. The van der Waals surface area contributed by atoms with Gasteiger partial charge in [-0.05, 0) is 17.7 Å². The molecule has 0 unspecified atom stereocenters. The predicted molar refractivity (Wildman–Crippen MR) is 83.6 cm³/mol. The molecular weight excluding hydrogens is 262 g/mol. The molecule has 3 aromatic rings. The van der Waals surface area contributed by atoms with Crippen LogP contribution < -0.4 is 10.2 Å². The molecule has 0 saturated carbocycles. The predicted octanol–water partition coefficient (Wildman–Crippen LogP) is 3.84. The van der Waals surface area contributed by atoms with Crippen LogP contribution in [0.5, 0.6) is 11.5 Å². The zero-order chi connectivity index (χ0) is 14.7. The molecule has 0 spiro atoms. The van der Waals surface area contributed by atoms with E-state index < -0.39 is 0 Å². The number of aromatic nitrogens is 1. The van der Waals surface area contributed by atoms with Gasteiger partial charge in [-0.2, -0.15) is 0 Å². The molecule has 0 saturated heterocycles. The van der Waals surface area contributed by atoms with Crippen molar-refractivity contribution in [2.75, 3.05) is 0 Å². The van der Waals surface area contributed by atoms with Crippen molar-refractivity contribution in [1.82, 2.24) is 4.57 Å². The maximum atomic E-state index is 12.6. The summed E-state index contributed by atoms with van der Waals surface area (Å²) in [6, 6.07) is 18.9. The highest BCUT2D eigenvalue weighted by Crippen LogP contribution is 2.21. The van der Waals surface area contributed by atoms with Gasteiger partial charge in [-0.3, -0.25) is 4.79 Å². The first-order chi connectivity index (χ1) is 10.2. The smallest absolute Gasteiger partial charge is 0.231 e. The molecule has 0 aliphatic heterocycles. The van der Waals surface area contributed by atoms with Crippen molar-refractivity contribution < 1.29 is 4.74 Å². The van der Waals surface area contributed by atoms with Gasteiger partial charge in [0.2, 0.25) is 5.43 Å². The summed E-state index contributed by atoms with van der Waals surface area (Å²) in [5, 5.41) is 0. The fraction of sp³-hybridized carbons (Fsp3) is 0.0556. The van der Waals surface area contributed by atoms with Gasteiger partial charge >= 0.3 is 0 Å². The van der Waals surface area contributed by atoms with Crippen molar-refractivity contribution in [2.24, 2.45) is 7.05 Å². The lowest BCUT2D eigenvalue weighted by Crippen LogP contribution is -2.11. The van der Waals surface area contributed by atoms with Crippen LogP contribution in [0.15, 0.2) is 77.9 Å². The number of para-hydroxylation sites is 1. The van der Waals surface area contributed by atoms with E-state index in [0.717, 1.165) is 5.56 Å². The highest BCUT2D eigenvalue weighted by atomic mass is 16.5. The van der Waals surface area contributed by atoms with Gasteiger partial charge in [0.25, 0.3) is 0 Å². The lowest BCUT2D eigenvalue weighted by Gasteiger charge is -2.10. The molecule has 0 aliphatic rings. The Labute approximate surface area is 123 Å². The van der Waals surface area contributed by atoms with E-state index in [1.807, 2.05) is 78.5 Å². The van der Waals surface area contributed by atoms with Crippen molar-refractivity contribution in [3.05, 3.63) is 83.3 Å². The van der Waals surface area contributed by atoms with Crippen LogP contribution in [0.3, 0.4) is 0 Å². The molecule has 0 bridgehead atoms. The van der Waals surface area contributed by atoms with Crippen LogP contribution in [-0.4, -0.2) is 4.57 Å². The Morgan fingerprint density at radius 2 is 1.48 bits per heavy atom. The largest absolute Gasteiger partial charge is 0.452 e. The Morgan fingerprint density at radius 1 is 0.857 bits per heavy atom. The summed E-state index contributed by atoms with van der Waals surface area (Å²) >= 11 is 0. The molecule has 0 atom stereocenters. The van der Waals surface area contributed by atoms with Crippen molar-refractivity contribution in [3.63, 3.8) is 0 Å². The number of aryl methyl sites for hydroxylation is 1. The van der Waals surface area contributed by atoms with Crippen molar-refractivity contribution >= 4 is 0 Å². The zero-order valence-corrected chi connectivity index (χ0v) is 11.7. The lowest BCUT2D eigenvalue weighted by molar-refractivity contribution is 0.472. The van der Waals surface area contributed by atoms with E-state index in [9.17, 15) is 4.79 Å². The maximum Gasteiger partial charge on any atom is 0.231 e. The lowest BCUT2D eigenvalue weighted by atomic mass is 10.1. The highest BCUT2D eigenvalue weighted by molar-refractivity contribution is 5.63. The van der Waals surface area contributed by atoms with Crippen molar-refractivity contribution in [3.8, 4) is 22.6 Å². The van der Waals surface area contributed by atoms with Gasteiger partial charge in [-0.1, -0.05) is 48.5 Å². The van der Waals surface area contributed by atoms with Crippen molar-refractivity contribution in [2.45, 2.75) is 0 Å². The van der Waals surface area contributed by atoms with Gasteiger partial charge in [0, 0.05) is 18.8 Å². The van der Waals surface area contributed by atoms with E-state index in [0.29, 0.717) is 17.1 Å². The van der Waals surface area contributed by atoms with Gasteiger partial charge in [0.05, 0.1) is 6.20 Å². The van der Waals surface area contributed by atoms with Gasteiger partial charge in [-0.15, -0.1) is 0 Å². The van der Waals surface area contributed by atoms with Gasteiger partial charge in [-0.25, -0.2) is 0 Å². The SMILES string of the molecule is Cn1cc(Oc2ccccc2)c(=O)c(-c2ccccc2)c1. The molecule has 3 nitrogen and oxygen atoms in total. The number of pyridine rings is 1. The van der Waals surface area contributed by atoms with E-state index in [2.05, 4.69) is 0 Å². The molecule has 1 aromatic heterocycles. The van der Waals surface area contributed by atoms with Crippen LogP contribution in [-0.2, 0) is 7.05 Å². The topological polar surface area (TPSA) is 31.2 Å². The second-order valence-electron chi connectivity index (χ2n) is 4.81.